The summed E-state index contributed by atoms with van der Waals surface area (Å²) in [7, 11) is 0. The van der Waals surface area contributed by atoms with Gasteiger partial charge in [-0.3, -0.25) is 4.79 Å². The zero-order valence-electron chi connectivity index (χ0n) is 17.6. The van der Waals surface area contributed by atoms with Gasteiger partial charge >= 0.3 is 6.03 Å². The highest BCUT2D eigenvalue weighted by Crippen LogP contribution is 2.28. The van der Waals surface area contributed by atoms with Gasteiger partial charge in [-0.05, 0) is 56.7 Å². The quantitative estimate of drug-likeness (QED) is 0.462. The standard InChI is InChI=1S/C22H28N4O4/c1-4-26(5-2)21(27)16-30-19-13-12-17(14-20(19)29-6-3)15-23-25-22(28)24-18-10-8-7-9-11-18/h7-15H,4-6,16H2,1-3H3,(H2,24,25,28)/b23-15+. The summed E-state index contributed by atoms with van der Waals surface area (Å²) in [6.07, 6.45) is 1.50. The molecule has 160 valence electrons. The first-order valence-electron chi connectivity index (χ1n) is 9.89. The molecule has 0 bridgehead atoms. The summed E-state index contributed by atoms with van der Waals surface area (Å²) in [5.74, 6) is 0.897. The number of carbonyl (C=O) groups is 2. The molecule has 0 aromatic heterocycles. The van der Waals surface area contributed by atoms with E-state index in [1.54, 1.807) is 35.2 Å². The van der Waals surface area contributed by atoms with Crippen molar-refractivity contribution in [2.24, 2.45) is 5.10 Å². The number of nitrogens with one attached hydrogen (secondary N) is 2. The second-order valence-electron chi connectivity index (χ2n) is 6.18. The number of hydrazone groups is 1. The predicted octanol–water partition coefficient (Wildman–Crippen LogP) is 3.49. The van der Waals surface area contributed by atoms with Gasteiger partial charge in [0.05, 0.1) is 12.8 Å². The highest BCUT2D eigenvalue weighted by molar-refractivity contribution is 5.90. The van der Waals surface area contributed by atoms with Crippen LogP contribution in [0.25, 0.3) is 0 Å². The average Bonchev–Trinajstić information content (AvgIpc) is 2.75. The van der Waals surface area contributed by atoms with E-state index in [1.165, 1.54) is 6.21 Å². The van der Waals surface area contributed by atoms with Crippen LogP contribution in [-0.4, -0.2) is 49.4 Å². The third-order valence-corrected chi connectivity index (χ3v) is 4.15. The number of nitrogens with zero attached hydrogens (tertiary/aromatic N) is 2. The molecular weight excluding hydrogens is 384 g/mol. The minimum Gasteiger partial charge on any atom is -0.490 e. The van der Waals surface area contributed by atoms with Crippen molar-refractivity contribution in [2.45, 2.75) is 20.8 Å². The van der Waals surface area contributed by atoms with Gasteiger partial charge in [-0.15, -0.1) is 0 Å². The molecule has 0 fully saturated rings. The van der Waals surface area contributed by atoms with Crippen molar-refractivity contribution in [1.29, 1.82) is 0 Å². The van der Waals surface area contributed by atoms with Crippen LogP contribution in [0.4, 0.5) is 10.5 Å². The Bertz CT molecular complexity index is 851. The summed E-state index contributed by atoms with van der Waals surface area (Å²) >= 11 is 0. The summed E-state index contributed by atoms with van der Waals surface area (Å²) in [6.45, 7) is 7.37. The van der Waals surface area contributed by atoms with Crippen LogP contribution < -0.4 is 20.2 Å². The lowest BCUT2D eigenvalue weighted by molar-refractivity contribution is -0.132. The summed E-state index contributed by atoms with van der Waals surface area (Å²) in [5, 5.41) is 6.61. The third-order valence-electron chi connectivity index (χ3n) is 4.15. The van der Waals surface area contributed by atoms with Crippen LogP contribution in [0, 0.1) is 0 Å². The lowest BCUT2D eigenvalue weighted by Crippen LogP contribution is -2.34. The van der Waals surface area contributed by atoms with Crippen molar-refractivity contribution in [3.8, 4) is 11.5 Å². The number of benzene rings is 2. The monoisotopic (exact) mass is 412 g/mol. The van der Waals surface area contributed by atoms with E-state index in [2.05, 4.69) is 15.8 Å². The Labute approximate surface area is 176 Å². The molecule has 2 aromatic carbocycles. The maximum absolute atomic E-state index is 12.1. The first kappa shape index (κ1) is 22.7. The number of anilines is 1. The minimum atomic E-state index is -0.447. The van der Waals surface area contributed by atoms with Crippen molar-refractivity contribution >= 4 is 23.8 Å². The summed E-state index contributed by atoms with van der Waals surface area (Å²) in [6, 6.07) is 13.8. The van der Waals surface area contributed by atoms with Gasteiger partial charge in [0.2, 0.25) is 0 Å². The highest BCUT2D eigenvalue weighted by Gasteiger charge is 2.13. The number of urea groups is 1. The van der Waals surface area contributed by atoms with Gasteiger partial charge in [0.15, 0.2) is 18.1 Å². The third kappa shape index (κ3) is 7.12. The zero-order chi connectivity index (χ0) is 21.8. The molecule has 8 heteroatoms. The number of hydrogen-bond acceptors (Lipinski definition) is 5. The normalized spacial score (nSPS) is 10.5. The summed E-state index contributed by atoms with van der Waals surface area (Å²) < 4.78 is 11.3. The van der Waals surface area contributed by atoms with Crippen LogP contribution in [0.15, 0.2) is 53.6 Å². The summed E-state index contributed by atoms with van der Waals surface area (Å²) in [4.78, 5) is 25.7. The molecule has 0 radical (unpaired) electrons. The van der Waals surface area contributed by atoms with Gasteiger partial charge in [0.1, 0.15) is 0 Å². The Kier molecular flexibility index (Phi) is 9.18. The first-order valence-corrected chi connectivity index (χ1v) is 9.89. The molecule has 3 amide bonds. The smallest absolute Gasteiger partial charge is 0.339 e. The van der Waals surface area contributed by atoms with E-state index in [0.717, 1.165) is 0 Å². The van der Waals surface area contributed by atoms with Gasteiger partial charge in [-0.2, -0.15) is 5.10 Å². The predicted molar refractivity (Wildman–Crippen MR) is 117 cm³/mol. The van der Waals surface area contributed by atoms with Crippen molar-refractivity contribution in [2.75, 3.05) is 31.6 Å². The van der Waals surface area contributed by atoms with E-state index in [4.69, 9.17) is 9.47 Å². The van der Waals surface area contributed by atoms with Gasteiger partial charge in [-0.25, -0.2) is 10.2 Å². The maximum Gasteiger partial charge on any atom is 0.339 e. The number of likely N-dealkylation sites (N-methyl/N-ethyl adjacent to an activating group) is 1. The van der Waals surface area contributed by atoms with Gasteiger partial charge in [0, 0.05) is 18.8 Å². The number of rotatable bonds is 10. The zero-order valence-corrected chi connectivity index (χ0v) is 17.6. The Hall–Kier alpha value is -3.55. The van der Waals surface area contributed by atoms with Crippen molar-refractivity contribution in [1.82, 2.24) is 10.3 Å². The van der Waals surface area contributed by atoms with E-state index in [1.807, 2.05) is 39.0 Å². The van der Waals surface area contributed by atoms with Gasteiger partial charge < -0.3 is 19.7 Å². The van der Waals surface area contributed by atoms with Crippen LogP contribution in [-0.2, 0) is 4.79 Å². The SMILES string of the molecule is CCOc1cc(/C=N/NC(=O)Nc2ccccc2)ccc1OCC(=O)N(CC)CC. The average molecular weight is 412 g/mol. The van der Waals surface area contributed by atoms with Crippen LogP contribution >= 0.6 is 0 Å². The van der Waals surface area contributed by atoms with Crippen molar-refractivity contribution < 1.29 is 19.1 Å². The van der Waals surface area contributed by atoms with E-state index >= 15 is 0 Å². The fourth-order valence-electron chi connectivity index (χ4n) is 2.65. The Morgan fingerprint density at radius 2 is 1.73 bits per heavy atom. The second-order valence-corrected chi connectivity index (χ2v) is 6.18. The fraction of sp³-hybridized carbons (Fsp3) is 0.318. The molecule has 2 N–H and O–H groups in total. The van der Waals surface area contributed by atoms with Crippen LogP contribution in [0.3, 0.4) is 0 Å². The molecule has 0 aliphatic heterocycles. The molecule has 0 aliphatic carbocycles. The maximum atomic E-state index is 12.1. The molecule has 0 unspecified atom stereocenters. The minimum absolute atomic E-state index is 0.0591. The largest absolute Gasteiger partial charge is 0.490 e. The lowest BCUT2D eigenvalue weighted by atomic mass is 10.2. The Morgan fingerprint density at radius 1 is 1.00 bits per heavy atom. The summed E-state index contributed by atoms with van der Waals surface area (Å²) in [5.41, 5.74) is 3.79. The van der Waals surface area contributed by atoms with Crippen molar-refractivity contribution in [3.63, 3.8) is 0 Å². The lowest BCUT2D eigenvalue weighted by Gasteiger charge is -2.19. The molecule has 8 nitrogen and oxygen atoms in total. The Morgan fingerprint density at radius 3 is 2.40 bits per heavy atom. The molecule has 2 rings (SSSR count). The van der Waals surface area contributed by atoms with E-state index in [9.17, 15) is 9.59 Å². The van der Waals surface area contributed by atoms with Gasteiger partial charge in [0.25, 0.3) is 5.91 Å². The number of amides is 3. The van der Waals surface area contributed by atoms with Crippen LogP contribution in [0.2, 0.25) is 0 Å². The van der Waals surface area contributed by atoms with E-state index < -0.39 is 6.03 Å². The Balaban J connectivity index is 1.97. The second kappa shape index (κ2) is 12.1. The molecular formula is C22H28N4O4. The van der Waals surface area contributed by atoms with Crippen LogP contribution in [0.1, 0.15) is 26.3 Å². The molecule has 0 spiro atoms. The van der Waals surface area contributed by atoms with Gasteiger partial charge in [-0.1, -0.05) is 18.2 Å². The van der Waals surface area contributed by atoms with E-state index in [-0.39, 0.29) is 12.5 Å². The number of ether oxygens (including phenoxy) is 2. The molecule has 0 saturated heterocycles. The molecule has 0 aliphatic rings. The topological polar surface area (TPSA) is 92.3 Å². The molecule has 2 aromatic rings. The molecule has 0 atom stereocenters. The number of para-hydroxylation sites is 1. The number of carbonyl (C=O) groups excluding carboxylic acids is 2. The van der Waals surface area contributed by atoms with Crippen LogP contribution in [0.5, 0.6) is 11.5 Å². The van der Waals surface area contributed by atoms with E-state index in [0.29, 0.717) is 42.4 Å². The highest BCUT2D eigenvalue weighted by atomic mass is 16.5. The number of hydrogen-bond donors (Lipinski definition) is 2. The van der Waals surface area contributed by atoms with Crippen molar-refractivity contribution in [3.05, 3.63) is 54.1 Å². The first-order chi connectivity index (χ1) is 14.6. The fourth-order valence-corrected chi connectivity index (χ4v) is 2.65. The molecule has 0 saturated carbocycles. The molecule has 0 heterocycles. The molecule has 30 heavy (non-hydrogen) atoms.